The number of benzene rings is 2. The van der Waals surface area contributed by atoms with Gasteiger partial charge in [0.15, 0.2) is 0 Å². The fourth-order valence-corrected chi connectivity index (χ4v) is 1.83. The van der Waals surface area contributed by atoms with Crippen LogP contribution >= 0.6 is 15.9 Å². The molecule has 0 saturated heterocycles. The summed E-state index contributed by atoms with van der Waals surface area (Å²) in [6.07, 6.45) is 1.01. The predicted molar refractivity (Wildman–Crippen MR) is 82.3 cm³/mol. The molecule has 22 heavy (non-hydrogen) atoms. The Balaban J connectivity index is 2.09. The molecule has 2 aromatic carbocycles. The van der Waals surface area contributed by atoms with Gasteiger partial charge in [0.05, 0.1) is 11.1 Å². The summed E-state index contributed by atoms with van der Waals surface area (Å²) in [6.45, 7) is 0. The van der Waals surface area contributed by atoms with Gasteiger partial charge in [0.25, 0.3) is 11.6 Å². The third kappa shape index (κ3) is 3.95. The third-order valence-electron chi connectivity index (χ3n) is 2.67. The first-order chi connectivity index (χ1) is 10.5. The van der Waals surface area contributed by atoms with Gasteiger partial charge in [0.1, 0.15) is 5.82 Å². The molecule has 0 aliphatic carbocycles. The van der Waals surface area contributed by atoms with Crippen molar-refractivity contribution >= 4 is 33.7 Å². The van der Waals surface area contributed by atoms with E-state index in [0.29, 0.717) is 5.56 Å². The number of non-ortho nitro benzene ring substituents is 1. The zero-order valence-electron chi connectivity index (χ0n) is 11.0. The quantitative estimate of drug-likeness (QED) is 0.512. The number of rotatable bonds is 4. The van der Waals surface area contributed by atoms with Gasteiger partial charge in [-0.15, -0.1) is 0 Å². The fraction of sp³-hybridized carbons (Fsp3) is 0. The molecule has 2 rings (SSSR count). The molecule has 112 valence electrons. The minimum atomic E-state index is -0.674. The van der Waals surface area contributed by atoms with Crippen LogP contribution in [0.1, 0.15) is 15.9 Å². The maximum atomic E-state index is 13.5. The van der Waals surface area contributed by atoms with Crippen molar-refractivity contribution in [3.05, 3.63) is 74.0 Å². The molecule has 0 spiro atoms. The minimum Gasteiger partial charge on any atom is -0.267 e. The summed E-state index contributed by atoms with van der Waals surface area (Å²) in [5.41, 5.74) is 2.24. The molecule has 2 aromatic rings. The van der Waals surface area contributed by atoms with E-state index >= 15 is 0 Å². The van der Waals surface area contributed by atoms with E-state index in [-0.39, 0.29) is 11.3 Å². The summed E-state index contributed by atoms with van der Waals surface area (Å²) in [7, 11) is 0. The Hall–Kier alpha value is -2.61. The topological polar surface area (TPSA) is 84.6 Å². The van der Waals surface area contributed by atoms with E-state index in [2.05, 4.69) is 26.5 Å². The van der Waals surface area contributed by atoms with Crippen LogP contribution in [0.25, 0.3) is 0 Å². The number of nitrogens with zero attached hydrogens (tertiary/aromatic N) is 2. The highest BCUT2D eigenvalue weighted by atomic mass is 79.9. The second-order valence-corrected chi connectivity index (χ2v) is 5.08. The molecule has 1 N–H and O–H groups in total. The van der Waals surface area contributed by atoms with Crippen molar-refractivity contribution in [2.24, 2.45) is 5.10 Å². The number of hydrazone groups is 1. The van der Waals surface area contributed by atoms with Gasteiger partial charge >= 0.3 is 0 Å². The van der Waals surface area contributed by atoms with Gasteiger partial charge in [0, 0.05) is 27.7 Å². The maximum absolute atomic E-state index is 13.5. The monoisotopic (exact) mass is 365 g/mol. The van der Waals surface area contributed by atoms with Crippen LogP contribution in [0.5, 0.6) is 0 Å². The zero-order valence-corrected chi connectivity index (χ0v) is 12.6. The Labute approximate surface area is 132 Å². The highest BCUT2D eigenvalue weighted by Gasteiger charge is 2.09. The highest BCUT2D eigenvalue weighted by molar-refractivity contribution is 9.10. The van der Waals surface area contributed by atoms with Crippen LogP contribution in [0, 0.1) is 15.9 Å². The van der Waals surface area contributed by atoms with Gasteiger partial charge in [-0.2, -0.15) is 5.10 Å². The van der Waals surface area contributed by atoms with E-state index in [1.165, 1.54) is 0 Å². The van der Waals surface area contributed by atoms with Crippen LogP contribution in [0.2, 0.25) is 0 Å². The number of hydrogen-bond acceptors (Lipinski definition) is 4. The first-order valence-electron chi connectivity index (χ1n) is 6.00. The smallest absolute Gasteiger partial charge is 0.267 e. The maximum Gasteiger partial charge on any atom is 0.271 e. The number of nitrogens with one attached hydrogen (secondary N) is 1. The van der Waals surface area contributed by atoms with Gasteiger partial charge in [-0.25, -0.2) is 9.82 Å². The number of halogens is 2. The lowest BCUT2D eigenvalue weighted by molar-refractivity contribution is -0.384. The van der Waals surface area contributed by atoms with E-state index in [4.69, 9.17) is 0 Å². The Morgan fingerprint density at radius 2 is 1.95 bits per heavy atom. The van der Waals surface area contributed by atoms with Gasteiger partial charge in [-0.05, 0) is 30.3 Å². The van der Waals surface area contributed by atoms with Gasteiger partial charge in [-0.1, -0.05) is 15.9 Å². The van der Waals surface area contributed by atoms with Crippen molar-refractivity contribution in [2.45, 2.75) is 0 Å². The van der Waals surface area contributed by atoms with Crippen molar-refractivity contribution < 1.29 is 14.1 Å². The molecule has 0 aromatic heterocycles. The lowest BCUT2D eigenvalue weighted by Gasteiger charge is -2.00. The van der Waals surface area contributed by atoms with Gasteiger partial charge < -0.3 is 0 Å². The number of carbonyl (C=O) groups excluding carboxylic acids is 1. The second-order valence-electron chi connectivity index (χ2n) is 4.17. The standard InChI is InChI=1S/C14H9BrFN3O3/c15-11-3-1-9(2-4-11)14(20)18-17-8-10-7-12(19(21)22)5-6-13(10)16/h1-8H,(H,18,20). The van der Waals surface area contributed by atoms with Crippen molar-refractivity contribution in [1.29, 1.82) is 0 Å². The molecule has 0 bridgehead atoms. The number of amides is 1. The minimum absolute atomic E-state index is 0.0923. The van der Waals surface area contributed by atoms with Crippen LogP contribution < -0.4 is 5.43 Å². The van der Waals surface area contributed by atoms with E-state index in [1.807, 2.05) is 0 Å². The number of nitro groups is 1. The molecule has 0 unspecified atom stereocenters. The zero-order chi connectivity index (χ0) is 16.1. The number of carbonyl (C=O) groups is 1. The average Bonchev–Trinajstić information content (AvgIpc) is 2.49. The molecule has 0 atom stereocenters. The molecule has 0 aliphatic heterocycles. The van der Waals surface area contributed by atoms with Crippen LogP contribution in [-0.2, 0) is 0 Å². The molecule has 0 aliphatic rings. The fourth-order valence-electron chi connectivity index (χ4n) is 1.57. The Bertz CT molecular complexity index is 747. The Kier molecular flexibility index (Phi) is 4.95. The summed E-state index contributed by atoms with van der Waals surface area (Å²) in [4.78, 5) is 21.7. The molecular weight excluding hydrogens is 357 g/mol. The Morgan fingerprint density at radius 3 is 2.59 bits per heavy atom. The van der Waals surface area contributed by atoms with E-state index in [1.54, 1.807) is 24.3 Å². The molecule has 0 saturated carbocycles. The molecule has 0 radical (unpaired) electrons. The molecule has 6 nitrogen and oxygen atoms in total. The highest BCUT2D eigenvalue weighted by Crippen LogP contribution is 2.15. The van der Waals surface area contributed by atoms with Crippen molar-refractivity contribution in [2.75, 3.05) is 0 Å². The molecular formula is C14H9BrFN3O3. The predicted octanol–water partition coefficient (Wildman–Crippen LogP) is 3.26. The first-order valence-corrected chi connectivity index (χ1v) is 6.79. The molecule has 0 fully saturated rings. The van der Waals surface area contributed by atoms with E-state index in [0.717, 1.165) is 28.9 Å². The summed E-state index contributed by atoms with van der Waals surface area (Å²) < 4.78 is 14.3. The first kappa shape index (κ1) is 15.8. The molecule has 8 heteroatoms. The number of hydrogen-bond donors (Lipinski definition) is 1. The molecule has 0 heterocycles. The summed E-state index contributed by atoms with van der Waals surface area (Å²) in [5, 5.41) is 14.2. The SMILES string of the molecule is O=C(NN=Cc1cc([N+](=O)[O-])ccc1F)c1ccc(Br)cc1. The second kappa shape index (κ2) is 6.90. The normalized spacial score (nSPS) is 10.6. The Morgan fingerprint density at radius 1 is 1.27 bits per heavy atom. The third-order valence-corrected chi connectivity index (χ3v) is 3.20. The summed E-state index contributed by atoms with van der Waals surface area (Å²) in [6, 6.07) is 9.61. The largest absolute Gasteiger partial charge is 0.271 e. The van der Waals surface area contributed by atoms with Gasteiger partial charge in [0.2, 0.25) is 0 Å². The van der Waals surface area contributed by atoms with E-state index in [9.17, 15) is 19.3 Å². The average molecular weight is 366 g/mol. The van der Waals surface area contributed by atoms with E-state index < -0.39 is 16.6 Å². The summed E-state index contributed by atoms with van der Waals surface area (Å²) >= 11 is 3.25. The van der Waals surface area contributed by atoms with Crippen molar-refractivity contribution in [1.82, 2.24) is 5.43 Å². The number of nitro benzene ring substituents is 1. The van der Waals surface area contributed by atoms with Crippen molar-refractivity contribution in [3.8, 4) is 0 Å². The van der Waals surface area contributed by atoms with Crippen LogP contribution in [-0.4, -0.2) is 17.0 Å². The van der Waals surface area contributed by atoms with Gasteiger partial charge in [-0.3, -0.25) is 14.9 Å². The van der Waals surface area contributed by atoms with Crippen molar-refractivity contribution in [3.63, 3.8) is 0 Å². The lowest BCUT2D eigenvalue weighted by Crippen LogP contribution is -2.17. The van der Waals surface area contributed by atoms with Crippen LogP contribution in [0.3, 0.4) is 0 Å². The summed E-state index contributed by atoms with van der Waals surface area (Å²) in [5.74, 6) is -1.15. The van der Waals surface area contributed by atoms with Crippen LogP contribution in [0.4, 0.5) is 10.1 Å². The molecule has 1 amide bonds. The van der Waals surface area contributed by atoms with Crippen LogP contribution in [0.15, 0.2) is 52.0 Å². The lowest BCUT2D eigenvalue weighted by atomic mass is 10.2.